The molecule has 0 saturated heterocycles. The molecule has 0 radical (unpaired) electrons. The van der Waals surface area contributed by atoms with Gasteiger partial charge in [0.15, 0.2) is 0 Å². The van der Waals surface area contributed by atoms with Gasteiger partial charge in [-0.15, -0.1) is 0 Å². The fourth-order valence-corrected chi connectivity index (χ4v) is 1.72. The molecule has 18 heavy (non-hydrogen) atoms. The summed E-state index contributed by atoms with van der Waals surface area (Å²) in [4.78, 5) is 0. The zero-order valence-electron chi connectivity index (χ0n) is 10.4. The van der Waals surface area contributed by atoms with Crippen molar-refractivity contribution < 1.29 is 9.84 Å². The van der Waals surface area contributed by atoms with Gasteiger partial charge in [-0.3, -0.25) is 5.41 Å². The lowest BCUT2D eigenvalue weighted by Crippen LogP contribution is -2.02. The predicted molar refractivity (Wildman–Crippen MR) is 71.8 cm³/mol. The van der Waals surface area contributed by atoms with Gasteiger partial charge in [-0.2, -0.15) is 0 Å². The number of rotatable bonds is 3. The van der Waals surface area contributed by atoms with E-state index in [1.54, 1.807) is 19.2 Å². The van der Waals surface area contributed by atoms with E-state index in [2.05, 4.69) is 0 Å². The minimum atomic E-state index is 0.0846. The van der Waals surface area contributed by atoms with E-state index in [4.69, 9.17) is 10.1 Å². The van der Waals surface area contributed by atoms with Gasteiger partial charge >= 0.3 is 0 Å². The third-order valence-electron chi connectivity index (χ3n) is 2.81. The lowest BCUT2D eigenvalue weighted by Gasteiger charge is -2.09. The molecular formula is C15H15NO2. The van der Waals surface area contributed by atoms with Crippen LogP contribution >= 0.6 is 0 Å². The molecule has 3 nitrogen and oxygen atoms in total. The Bertz CT molecular complexity index is 574. The summed E-state index contributed by atoms with van der Waals surface area (Å²) in [5.74, 6) is 0.709. The molecular weight excluding hydrogens is 226 g/mol. The SMILES string of the molecule is COc1ccc(O)c(C(=N)c2ccc(C)cc2)c1. The van der Waals surface area contributed by atoms with Gasteiger partial charge in [0.25, 0.3) is 0 Å². The Labute approximate surface area is 106 Å². The van der Waals surface area contributed by atoms with E-state index >= 15 is 0 Å². The van der Waals surface area contributed by atoms with Crippen molar-refractivity contribution >= 4 is 5.71 Å². The van der Waals surface area contributed by atoms with Crippen molar-refractivity contribution in [2.24, 2.45) is 0 Å². The maximum atomic E-state index is 9.82. The topological polar surface area (TPSA) is 53.3 Å². The first-order valence-corrected chi connectivity index (χ1v) is 5.65. The summed E-state index contributed by atoms with van der Waals surface area (Å²) in [7, 11) is 1.56. The lowest BCUT2D eigenvalue weighted by molar-refractivity contribution is 0.412. The van der Waals surface area contributed by atoms with Crippen LogP contribution in [-0.4, -0.2) is 17.9 Å². The van der Waals surface area contributed by atoms with Gasteiger partial charge in [0, 0.05) is 11.1 Å². The van der Waals surface area contributed by atoms with Gasteiger partial charge in [0.1, 0.15) is 11.5 Å². The van der Waals surface area contributed by atoms with Crippen LogP contribution in [0.3, 0.4) is 0 Å². The maximum absolute atomic E-state index is 9.82. The number of aromatic hydroxyl groups is 1. The zero-order chi connectivity index (χ0) is 13.1. The molecule has 3 heteroatoms. The number of ether oxygens (including phenoxy) is 1. The molecule has 0 saturated carbocycles. The standard InChI is InChI=1S/C15H15NO2/c1-10-3-5-11(6-4-10)15(16)13-9-12(18-2)7-8-14(13)17/h3-9,16-17H,1-2H3. The molecule has 0 fully saturated rings. The van der Waals surface area contributed by atoms with Crippen LogP contribution in [-0.2, 0) is 0 Å². The maximum Gasteiger partial charge on any atom is 0.125 e. The number of benzene rings is 2. The molecule has 0 bridgehead atoms. The lowest BCUT2D eigenvalue weighted by atomic mass is 10.0. The first-order chi connectivity index (χ1) is 8.61. The molecule has 0 atom stereocenters. The molecule has 2 aromatic rings. The first-order valence-electron chi connectivity index (χ1n) is 5.65. The summed E-state index contributed by atoms with van der Waals surface area (Å²) >= 11 is 0. The number of aryl methyl sites for hydroxylation is 1. The molecule has 0 aromatic heterocycles. The highest BCUT2D eigenvalue weighted by molar-refractivity contribution is 6.12. The van der Waals surface area contributed by atoms with Crippen molar-refractivity contribution in [2.45, 2.75) is 6.92 Å². The quantitative estimate of drug-likeness (QED) is 0.811. The summed E-state index contributed by atoms with van der Waals surface area (Å²) in [6.45, 7) is 2.00. The van der Waals surface area contributed by atoms with Gasteiger partial charge < -0.3 is 9.84 Å². The molecule has 0 aliphatic heterocycles. The molecule has 0 aliphatic carbocycles. The number of methoxy groups -OCH3 is 1. The number of hydrogen-bond donors (Lipinski definition) is 2. The minimum absolute atomic E-state index is 0.0846. The van der Waals surface area contributed by atoms with E-state index in [1.807, 2.05) is 31.2 Å². The highest BCUT2D eigenvalue weighted by Crippen LogP contribution is 2.25. The van der Waals surface area contributed by atoms with E-state index in [9.17, 15) is 5.11 Å². The van der Waals surface area contributed by atoms with E-state index in [1.165, 1.54) is 6.07 Å². The molecule has 2 aromatic carbocycles. The fourth-order valence-electron chi connectivity index (χ4n) is 1.72. The zero-order valence-corrected chi connectivity index (χ0v) is 10.4. The van der Waals surface area contributed by atoms with E-state index in [0.717, 1.165) is 11.1 Å². The Morgan fingerprint density at radius 3 is 2.39 bits per heavy atom. The number of nitrogens with one attached hydrogen (secondary N) is 1. The molecule has 92 valence electrons. The number of phenols is 1. The van der Waals surface area contributed by atoms with Crippen LogP contribution in [0.5, 0.6) is 11.5 Å². The highest BCUT2D eigenvalue weighted by Gasteiger charge is 2.10. The first kappa shape index (κ1) is 12.2. The third-order valence-corrected chi connectivity index (χ3v) is 2.81. The van der Waals surface area contributed by atoms with Crippen molar-refractivity contribution in [3.63, 3.8) is 0 Å². The van der Waals surface area contributed by atoms with Gasteiger partial charge in [-0.05, 0) is 25.1 Å². The molecule has 2 rings (SSSR count). The highest BCUT2D eigenvalue weighted by atomic mass is 16.5. The normalized spacial score (nSPS) is 10.1. The second-order valence-corrected chi connectivity index (χ2v) is 4.12. The van der Waals surface area contributed by atoms with E-state index in [-0.39, 0.29) is 11.5 Å². The third kappa shape index (κ3) is 2.35. The second kappa shape index (κ2) is 4.92. The summed E-state index contributed by atoms with van der Waals surface area (Å²) in [6, 6.07) is 12.5. The van der Waals surface area contributed by atoms with Crippen molar-refractivity contribution in [3.05, 3.63) is 59.2 Å². The van der Waals surface area contributed by atoms with E-state index < -0.39 is 0 Å². The summed E-state index contributed by atoms with van der Waals surface area (Å²) in [5, 5.41) is 18.0. The van der Waals surface area contributed by atoms with Gasteiger partial charge in [-0.1, -0.05) is 29.8 Å². The van der Waals surface area contributed by atoms with Crippen LogP contribution < -0.4 is 4.74 Å². The molecule has 0 heterocycles. The van der Waals surface area contributed by atoms with Crippen molar-refractivity contribution in [1.29, 1.82) is 5.41 Å². The largest absolute Gasteiger partial charge is 0.507 e. The monoisotopic (exact) mass is 241 g/mol. The summed E-state index contributed by atoms with van der Waals surface area (Å²) in [5.41, 5.74) is 2.66. The molecule has 0 aliphatic rings. The van der Waals surface area contributed by atoms with Crippen LogP contribution in [0.15, 0.2) is 42.5 Å². The van der Waals surface area contributed by atoms with Crippen LogP contribution in [0.4, 0.5) is 0 Å². The van der Waals surface area contributed by atoms with Crippen molar-refractivity contribution in [2.75, 3.05) is 7.11 Å². The average molecular weight is 241 g/mol. The Hall–Kier alpha value is -2.29. The summed E-state index contributed by atoms with van der Waals surface area (Å²) in [6.07, 6.45) is 0. The van der Waals surface area contributed by atoms with Crippen LogP contribution in [0.2, 0.25) is 0 Å². The van der Waals surface area contributed by atoms with Crippen molar-refractivity contribution in [3.8, 4) is 11.5 Å². The van der Waals surface area contributed by atoms with Crippen LogP contribution in [0, 0.1) is 12.3 Å². The summed E-state index contributed by atoms with van der Waals surface area (Å²) < 4.78 is 5.11. The molecule has 2 N–H and O–H groups in total. The molecule has 0 amide bonds. The predicted octanol–water partition coefficient (Wildman–Crippen LogP) is 3.13. The Morgan fingerprint density at radius 2 is 1.78 bits per heavy atom. The van der Waals surface area contributed by atoms with Gasteiger partial charge in [0.05, 0.1) is 12.8 Å². The number of hydrogen-bond acceptors (Lipinski definition) is 3. The second-order valence-electron chi connectivity index (χ2n) is 4.12. The van der Waals surface area contributed by atoms with Crippen LogP contribution in [0.1, 0.15) is 16.7 Å². The molecule has 0 unspecified atom stereocenters. The van der Waals surface area contributed by atoms with Crippen molar-refractivity contribution in [1.82, 2.24) is 0 Å². The Morgan fingerprint density at radius 1 is 1.11 bits per heavy atom. The molecule has 0 spiro atoms. The Balaban J connectivity index is 2.42. The minimum Gasteiger partial charge on any atom is -0.507 e. The fraction of sp³-hybridized carbons (Fsp3) is 0.133. The van der Waals surface area contributed by atoms with E-state index in [0.29, 0.717) is 11.3 Å². The number of phenolic OH excluding ortho intramolecular Hbond substituents is 1. The van der Waals surface area contributed by atoms with Gasteiger partial charge in [0.2, 0.25) is 0 Å². The average Bonchev–Trinajstić information content (AvgIpc) is 2.39. The Kier molecular flexibility index (Phi) is 3.33. The van der Waals surface area contributed by atoms with Gasteiger partial charge in [-0.25, -0.2) is 0 Å². The smallest absolute Gasteiger partial charge is 0.125 e. The van der Waals surface area contributed by atoms with Crippen LogP contribution in [0.25, 0.3) is 0 Å².